The summed E-state index contributed by atoms with van der Waals surface area (Å²) < 4.78 is 6.34. The van der Waals surface area contributed by atoms with E-state index in [-0.39, 0.29) is 6.04 Å². The van der Waals surface area contributed by atoms with Crippen LogP contribution in [0.1, 0.15) is 29.7 Å². The number of halogens is 1. The number of hydrogen-bond donors (Lipinski definition) is 2. The Morgan fingerprint density at radius 3 is 2.81 bits per heavy atom. The molecule has 1 unspecified atom stereocenters. The van der Waals surface area contributed by atoms with Crippen molar-refractivity contribution in [3.63, 3.8) is 0 Å². The fraction of sp³-hybridized carbons (Fsp3) is 0.312. The van der Waals surface area contributed by atoms with E-state index in [0.29, 0.717) is 0 Å². The first-order valence-electron chi connectivity index (χ1n) is 6.90. The number of methoxy groups -OCH3 is 1. The molecule has 4 nitrogen and oxygen atoms in total. The summed E-state index contributed by atoms with van der Waals surface area (Å²) in [6, 6.07) is 8.02. The maximum absolute atomic E-state index is 5.78. The summed E-state index contributed by atoms with van der Waals surface area (Å²) >= 11 is 3.59. The highest BCUT2D eigenvalue weighted by Gasteiger charge is 2.16. The van der Waals surface area contributed by atoms with Gasteiger partial charge in [0.15, 0.2) is 0 Å². The Labute approximate surface area is 133 Å². The number of ether oxygens (including phenoxy) is 1. The van der Waals surface area contributed by atoms with Gasteiger partial charge in [0.25, 0.3) is 0 Å². The predicted octanol–water partition coefficient (Wildman–Crippen LogP) is 3.16. The number of aryl methyl sites for hydroxylation is 1. The first kappa shape index (κ1) is 15.9. The number of hydrazine groups is 1. The molecule has 0 aliphatic heterocycles. The molecule has 1 heterocycles. The van der Waals surface area contributed by atoms with Crippen molar-refractivity contribution in [1.29, 1.82) is 0 Å². The monoisotopic (exact) mass is 349 g/mol. The van der Waals surface area contributed by atoms with Gasteiger partial charge >= 0.3 is 0 Å². The van der Waals surface area contributed by atoms with Crippen molar-refractivity contribution in [2.45, 2.75) is 25.8 Å². The summed E-state index contributed by atoms with van der Waals surface area (Å²) in [7, 11) is 1.67. The number of rotatable bonds is 6. The van der Waals surface area contributed by atoms with Gasteiger partial charge in [0.2, 0.25) is 0 Å². The van der Waals surface area contributed by atoms with E-state index < -0.39 is 0 Å². The first-order valence-corrected chi connectivity index (χ1v) is 7.70. The number of nitrogens with zero attached hydrogens (tertiary/aromatic N) is 1. The van der Waals surface area contributed by atoms with Gasteiger partial charge in [0.05, 0.1) is 13.2 Å². The van der Waals surface area contributed by atoms with Crippen molar-refractivity contribution in [3.8, 4) is 5.75 Å². The number of aromatic nitrogens is 1. The molecule has 2 rings (SSSR count). The molecule has 3 N–H and O–H groups in total. The van der Waals surface area contributed by atoms with E-state index in [1.807, 2.05) is 30.5 Å². The number of benzene rings is 1. The summed E-state index contributed by atoms with van der Waals surface area (Å²) in [6.45, 7) is 2.12. The summed E-state index contributed by atoms with van der Waals surface area (Å²) in [5.41, 5.74) is 6.46. The smallest absolute Gasteiger partial charge is 0.119 e. The molecule has 0 radical (unpaired) electrons. The van der Waals surface area contributed by atoms with Crippen LogP contribution in [0.15, 0.2) is 41.1 Å². The second kappa shape index (κ2) is 7.54. The van der Waals surface area contributed by atoms with E-state index in [0.717, 1.165) is 28.6 Å². The molecular formula is C16H20BrN3O. The molecule has 0 aliphatic carbocycles. The highest BCUT2D eigenvalue weighted by Crippen LogP contribution is 2.28. The van der Waals surface area contributed by atoms with Crippen LogP contribution in [-0.2, 0) is 12.8 Å². The fourth-order valence-electron chi connectivity index (χ4n) is 2.39. The Morgan fingerprint density at radius 2 is 2.14 bits per heavy atom. The largest absolute Gasteiger partial charge is 0.497 e. The third-order valence-corrected chi connectivity index (χ3v) is 4.35. The van der Waals surface area contributed by atoms with E-state index in [2.05, 4.69) is 33.3 Å². The van der Waals surface area contributed by atoms with Crippen molar-refractivity contribution >= 4 is 15.9 Å². The van der Waals surface area contributed by atoms with Gasteiger partial charge < -0.3 is 4.74 Å². The van der Waals surface area contributed by atoms with Gasteiger partial charge in [-0.15, -0.1) is 0 Å². The van der Waals surface area contributed by atoms with Crippen LogP contribution in [0.3, 0.4) is 0 Å². The quantitative estimate of drug-likeness (QED) is 0.621. The lowest BCUT2D eigenvalue weighted by molar-refractivity contribution is 0.413. The molecule has 0 fully saturated rings. The second-order valence-electron chi connectivity index (χ2n) is 4.81. The highest BCUT2D eigenvalue weighted by molar-refractivity contribution is 9.10. The predicted molar refractivity (Wildman–Crippen MR) is 88.1 cm³/mol. The lowest BCUT2D eigenvalue weighted by atomic mass is 9.95. The minimum absolute atomic E-state index is 0.0337. The van der Waals surface area contributed by atoms with Gasteiger partial charge in [-0.25, -0.2) is 0 Å². The van der Waals surface area contributed by atoms with E-state index in [9.17, 15) is 0 Å². The van der Waals surface area contributed by atoms with Crippen LogP contribution >= 0.6 is 15.9 Å². The minimum atomic E-state index is 0.0337. The van der Waals surface area contributed by atoms with Crippen LogP contribution in [0.5, 0.6) is 5.75 Å². The third-order valence-electron chi connectivity index (χ3n) is 3.58. The zero-order valence-corrected chi connectivity index (χ0v) is 13.9. The molecule has 1 aromatic carbocycles. The SMILES string of the molecule is CCc1cnccc1C(Cc1cc(OC)ccc1Br)NN. The zero-order chi connectivity index (χ0) is 15.2. The number of hydrogen-bond acceptors (Lipinski definition) is 4. The lowest BCUT2D eigenvalue weighted by Crippen LogP contribution is -2.30. The Balaban J connectivity index is 2.31. The van der Waals surface area contributed by atoms with Gasteiger partial charge in [-0.1, -0.05) is 22.9 Å². The van der Waals surface area contributed by atoms with Crippen LogP contribution in [0.25, 0.3) is 0 Å². The van der Waals surface area contributed by atoms with Crippen molar-refractivity contribution < 1.29 is 4.74 Å². The molecule has 5 heteroatoms. The van der Waals surface area contributed by atoms with Crippen LogP contribution in [0.4, 0.5) is 0 Å². The van der Waals surface area contributed by atoms with Crippen molar-refractivity contribution in [3.05, 3.63) is 57.8 Å². The average Bonchev–Trinajstić information content (AvgIpc) is 2.54. The maximum Gasteiger partial charge on any atom is 0.119 e. The van der Waals surface area contributed by atoms with Crippen molar-refractivity contribution in [2.24, 2.45) is 5.84 Å². The molecular weight excluding hydrogens is 330 g/mol. The minimum Gasteiger partial charge on any atom is -0.497 e. The Morgan fingerprint density at radius 1 is 1.33 bits per heavy atom. The Bertz CT molecular complexity index is 604. The van der Waals surface area contributed by atoms with Crippen LogP contribution in [0, 0.1) is 0 Å². The molecule has 1 atom stereocenters. The molecule has 0 saturated heterocycles. The Hall–Kier alpha value is -1.43. The number of nitrogens with one attached hydrogen (secondary N) is 1. The number of nitrogens with two attached hydrogens (primary N) is 1. The van der Waals surface area contributed by atoms with Gasteiger partial charge in [-0.2, -0.15) is 0 Å². The molecule has 0 saturated carbocycles. The molecule has 0 spiro atoms. The maximum atomic E-state index is 5.78. The van der Waals surface area contributed by atoms with Crippen molar-refractivity contribution in [1.82, 2.24) is 10.4 Å². The lowest BCUT2D eigenvalue weighted by Gasteiger charge is -2.20. The summed E-state index contributed by atoms with van der Waals surface area (Å²) in [6.07, 6.45) is 5.41. The molecule has 0 bridgehead atoms. The van der Waals surface area contributed by atoms with Gasteiger partial charge in [0, 0.05) is 16.9 Å². The van der Waals surface area contributed by atoms with Crippen LogP contribution in [-0.4, -0.2) is 12.1 Å². The third kappa shape index (κ3) is 3.81. The summed E-state index contributed by atoms with van der Waals surface area (Å²) in [5, 5.41) is 0. The van der Waals surface area contributed by atoms with Crippen LogP contribution in [0.2, 0.25) is 0 Å². The van der Waals surface area contributed by atoms with E-state index in [1.165, 1.54) is 11.1 Å². The highest BCUT2D eigenvalue weighted by atomic mass is 79.9. The van der Waals surface area contributed by atoms with E-state index in [1.54, 1.807) is 13.3 Å². The summed E-state index contributed by atoms with van der Waals surface area (Å²) in [5.74, 6) is 6.62. The first-order chi connectivity index (χ1) is 10.2. The van der Waals surface area contributed by atoms with E-state index in [4.69, 9.17) is 10.6 Å². The van der Waals surface area contributed by atoms with Gasteiger partial charge in [0.1, 0.15) is 5.75 Å². The topological polar surface area (TPSA) is 60.2 Å². The average molecular weight is 350 g/mol. The van der Waals surface area contributed by atoms with Crippen LogP contribution < -0.4 is 16.0 Å². The molecule has 112 valence electrons. The van der Waals surface area contributed by atoms with E-state index >= 15 is 0 Å². The standard InChI is InChI=1S/C16H20BrN3O/c1-3-11-10-19-7-6-14(11)16(20-18)9-12-8-13(21-2)4-5-15(12)17/h4-8,10,16,20H,3,9,18H2,1-2H3. The second-order valence-corrected chi connectivity index (χ2v) is 5.66. The molecule has 2 aromatic rings. The molecule has 21 heavy (non-hydrogen) atoms. The molecule has 0 aliphatic rings. The zero-order valence-electron chi connectivity index (χ0n) is 12.3. The fourth-order valence-corrected chi connectivity index (χ4v) is 2.79. The van der Waals surface area contributed by atoms with Gasteiger partial charge in [-0.3, -0.25) is 16.3 Å². The molecule has 0 amide bonds. The molecule has 1 aromatic heterocycles. The normalized spacial score (nSPS) is 12.2. The number of pyridine rings is 1. The van der Waals surface area contributed by atoms with Gasteiger partial charge in [-0.05, 0) is 53.8 Å². The summed E-state index contributed by atoms with van der Waals surface area (Å²) in [4.78, 5) is 4.19. The Kier molecular flexibility index (Phi) is 5.73. The van der Waals surface area contributed by atoms with Crippen molar-refractivity contribution in [2.75, 3.05) is 7.11 Å².